The van der Waals surface area contributed by atoms with Gasteiger partial charge < -0.3 is 15.3 Å². The normalized spacial score (nSPS) is 19.2. The number of amidine groups is 1. The van der Waals surface area contributed by atoms with E-state index in [1.54, 1.807) is 42.7 Å². The molecule has 1 amide bonds. The average Bonchev–Trinajstić information content (AvgIpc) is 3.04. The number of carbonyl (C=O) groups excluding carboxylic acids is 1. The van der Waals surface area contributed by atoms with Gasteiger partial charge in [-0.25, -0.2) is 0 Å². The molecule has 1 unspecified atom stereocenters. The van der Waals surface area contributed by atoms with Gasteiger partial charge in [-0.1, -0.05) is 42.5 Å². The minimum atomic E-state index is -4.03. The molecule has 2 aliphatic heterocycles. The Kier molecular flexibility index (Phi) is 5.18. The number of anilines is 1. The van der Waals surface area contributed by atoms with Gasteiger partial charge in [0.2, 0.25) is 0 Å². The molecule has 0 fully saturated rings. The summed E-state index contributed by atoms with van der Waals surface area (Å²) < 4.78 is 29.3. The van der Waals surface area contributed by atoms with Gasteiger partial charge in [-0.05, 0) is 35.4 Å². The SMILES string of the molecule is O=C1C(C2=NS(=O)(=O)c3ccccc3N2)=C(O)C(Cc2ccccc2)N1Cc1ccncc1. The van der Waals surface area contributed by atoms with Crippen molar-refractivity contribution in [2.75, 3.05) is 5.32 Å². The van der Waals surface area contributed by atoms with Crippen molar-refractivity contribution < 1.29 is 18.3 Å². The van der Waals surface area contributed by atoms with E-state index in [-0.39, 0.29) is 28.6 Å². The predicted molar refractivity (Wildman–Crippen MR) is 123 cm³/mol. The van der Waals surface area contributed by atoms with E-state index in [0.29, 0.717) is 12.1 Å². The first-order valence-electron chi connectivity index (χ1n) is 10.3. The molecule has 33 heavy (non-hydrogen) atoms. The van der Waals surface area contributed by atoms with Crippen molar-refractivity contribution in [3.63, 3.8) is 0 Å². The van der Waals surface area contributed by atoms with Gasteiger partial charge in [0.15, 0.2) is 5.84 Å². The lowest BCUT2D eigenvalue weighted by Crippen LogP contribution is -2.37. The molecular weight excluding hydrogens is 440 g/mol. The van der Waals surface area contributed by atoms with Crippen LogP contribution in [0.4, 0.5) is 5.69 Å². The summed E-state index contributed by atoms with van der Waals surface area (Å²) in [6, 6.07) is 18.7. The van der Waals surface area contributed by atoms with Gasteiger partial charge in [0, 0.05) is 25.4 Å². The maximum Gasteiger partial charge on any atom is 0.286 e. The number of aliphatic hydroxyl groups is 1. The van der Waals surface area contributed by atoms with E-state index in [2.05, 4.69) is 14.7 Å². The third-order valence-corrected chi connectivity index (χ3v) is 7.00. The maximum atomic E-state index is 13.5. The van der Waals surface area contributed by atoms with Crippen LogP contribution < -0.4 is 5.32 Å². The van der Waals surface area contributed by atoms with E-state index in [4.69, 9.17) is 0 Å². The Morgan fingerprint density at radius 3 is 2.39 bits per heavy atom. The molecule has 2 aromatic carbocycles. The molecule has 1 aromatic heterocycles. The van der Waals surface area contributed by atoms with Crippen molar-refractivity contribution in [2.24, 2.45) is 4.40 Å². The number of pyridine rings is 1. The number of carbonyl (C=O) groups is 1. The number of aromatic nitrogens is 1. The number of para-hydroxylation sites is 1. The van der Waals surface area contributed by atoms with Crippen molar-refractivity contribution in [3.8, 4) is 0 Å². The van der Waals surface area contributed by atoms with Gasteiger partial charge in [-0.15, -0.1) is 4.40 Å². The van der Waals surface area contributed by atoms with Crippen LogP contribution in [0.15, 0.2) is 99.7 Å². The van der Waals surface area contributed by atoms with Crippen LogP contribution in [0.1, 0.15) is 11.1 Å². The van der Waals surface area contributed by atoms with Crippen molar-refractivity contribution in [1.82, 2.24) is 9.88 Å². The Morgan fingerprint density at radius 2 is 1.64 bits per heavy atom. The molecule has 8 nitrogen and oxygen atoms in total. The van der Waals surface area contributed by atoms with E-state index < -0.39 is 22.0 Å². The quantitative estimate of drug-likeness (QED) is 0.605. The van der Waals surface area contributed by atoms with Crippen molar-refractivity contribution in [3.05, 3.63) is 102 Å². The second-order valence-corrected chi connectivity index (χ2v) is 9.36. The lowest BCUT2D eigenvalue weighted by molar-refractivity contribution is -0.127. The molecule has 0 radical (unpaired) electrons. The number of hydrogen-bond acceptors (Lipinski definition) is 6. The van der Waals surface area contributed by atoms with Crippen molar-refractivity contribution >= 4 is 27.5 Å². The molecule has 9 heteroatoms. The molecule has 0 bridgehead atoms. The zero-order chi connectivity index (χ0) is 23.0. The van der Waals surface area contributed by atoms with Crippen LogP contribution >= 0.6 is 0 Å². The summed E-state index contributed by atoms with van der Waals surface area (Å²) in [4.78, 5) is 19.1. The first-order valence-corrected chi connectivity index (χ1v) is 11.8. The molecule has 0 spiro atoms. The van der Waals surface area contributed by atoms with Gasteiger partial charge in [0.1, 0.15) is 16.2 Å². The zero-order valence-electron chi connectivity index (χ0n) is 17.4. The van der Waals surface area contributed by atoms with E-state index in [1.165, 1.54) is 11.0 Å². The van der Waals surface area contributed by atoms with Gasteiger partial charge >= 0.3 is 0 Å². The smallest absolute Gasteiger partial charge is 0.286 e. The Labute approximate surface area is 191 Å². The number of aliphatic hydroxyl groups excluding tert-OH is 1. The minimum absolute atomic E-state index is 0.0220. The molecule has 1 atom stereocenters. The molecule has 3 heterocycles. The minimum Gasteiger partial charge on any atom is -0.509 e. The first-order chi connectivity index (χ1) is 15.9. The summed E-state index contributed by atoms with van der Waals surface area (Å²) in [5.41, 5.74) is 1.94. The van der Waals surface area contributed by atoms with Crippen LogP contribution in [-0.4, -0.2) is 41.2 Å². The fourth-order valence-corrected chi connectivity index (χ4v) is 5.19. The average molecular weight is 461 g/mol. The molecule has 0 saturated heterocycles. The number of sulfonamides is 1. The lowest BCUT2D eigenvalue weighted by Gasteiger charge is -2.25. The third kappa shape index (κ3) is 3.87. The largest absolute Gasteiger partial charge is 0.509 e. The molecule has 0 aliphatic carbocycles. The fourth-order valence-electron chi connectivity index (χ4n) is 4.07. The standard InChI is InChI=1S/C24H20N4O4S/c29-22-19(14-16-6-2-1-3-7-16)28(15-17-10-12-25-13-11-17)24(30)21(22)23-26-18-8-4-5-9-20(18)33(31,32)27-23/h1-13,19,29H,14-15H2,(H,26,27). The molecule has 0 saturated carbocycles. The Hall–Kier alpha value is -3.98. The van der Waals surface area contributed by atoms with Crippen LogP contribution in [0.25, 0.3) is 0 Å². The van der Waals surface area contributed by atoms with Crippen LogP contribution in [0.2, 0.25) is 0 Å². The molecule has 2 aliphatic rings. The molecule has 2 N–H and O–H groups in total. The molecule has 3 aromatic rings. The van der Waals surface area contributed by atoms with Crippen LogP contribution in [0.3, 0.4) is 0 Å². The van der Waals surface area contributed by atoms with E-state index >= 15 is 0 Å². The highest BCUT2D eigenvalue weighted by atomic mass is 32.2. The number of benzene rings is 2. The van der Waals surface area contributed by atoms with Crippen molar-refractivity contribution in [2.45, 2.75) is 23.9 Å². The maximum absolute atomic E-state index is 13.5. The summed E-state index contributed by atoms with van der Waals surface area (Å²) >= 11 is 0. The highest BCUT2D eigenvalue weighted by Gasteiger charge is 2.43. The third-order valence-electron chi connectivity index (χ3n) is 5.66. The number of nitrogens with zero attached hydrogens (tertiary/aromatic N) is 3. The second kappa shape index (κ2) is 8.18. The van der Waals surface area contributed by atoms with Crippen LogP contribution in [-0.2, 0) is 27.8 Å². The van der Waals surface area contributed by atoms with Crippen molar-refractivity contribution in [1.29, 1.82) is 0 Å². The number of hydrogen-bond donors (Lipinski definition) is 2. The monoisotopic (exact) mass is 460 g/mol. The summed E-state index contributed by atoms with van der Waals surface area (Å²) in [7, 11) is -4.03. The molecular formula is C24H20N4O4S. The summed E-state index contributed by atoms with van der Waals surface area (Å²) in [6.45, 7) is 0.225. The number of nitrogens with one attached hydrogen (secondary N) is 1. The Morgan fingerprint density at radius 1 is 0.939 bits per heavy atom. The molecule has 166 valence electrons. The topological polar surface area (TPSA) is 112 Å². The van der Waals surface area contributed by atoms with Gasteiger partial charge in [0.25, 0.3) is 15.9 Å². The van der Waals surface area contributed by atoms with Crippen LogP contribution in [0.5, 0.6) is 0 Å². The first kappa shape index (κ1) is 20.9. The van der Waals surface area contributed by atoms with E-state index in [0.717, 1.165) is 11.1 Å². The zero-order valence-corrected chi connectivity index (χ0v) is 18.2. The van der Waals surface area contributed by atoms with Gasteiger partial charge in [0.05, 0.1) is 11.7 Å². The summed E-state index contributed by atoms with van der Waals surface area (Å²) in [5.74, 6) is -0.878. The van der Waals surface area contributed by atoms with Gasteiger partial charge in [-0.2, -0.15) is 8.42 Å². The number of rotatable bonds is 5. The van der Waals surface area contributed by atoms with E-state index in [9.17, 15) is 18.3 Å². The Balaban J connectivity index is 1.56. The van der Waals surface area contributed by atoms with Crippen LogP contribution in [0, 0.1) is 0 Å². The second-order valence-electron chi connectivity index (χ2n) is 7.79. The number of amides is 1. The lowest BCUT2D eigenvalue weighted by atomic mass is 10.0. The predicted octanol–water partition coefficient (Wildman–Crippen LogP) is 3.06. The summed E-state index contributed by atoms with van der Waals surface area (Å²) in [6.07, 6.45) is 3.63. The molecule has 5 rings (SSSR count). The fraction of sp³-hybridized carbons (Fsp3) is 0.125. The summed E-state index contributed by atoms with van der Waals surface area (Å²) in [5, 5.41) is 14.1. The Bertz CT molecular complexity index is 1390. The highest BCUT2D eigenvalue weighted by molar-refractivity contribution is 7.90. The van der Waals surface area contributed by atoms with Gasteiger partial charge in [-0.3, -0.25) is 9.78 Å². The number of fused-ring (bicyclic) bond motifs is 1. The highest BCUT2D eigenvalue weighted by Crippen LogP contribution is 2.34. The van der Waals surface area contributed by atoms with E-state index in [1.807, 2.05) is 30.3 Å².